The van der Waals surface area contributed by atoms with Crippen LogP contribution < -0.4 is 9.80 Å². The fourth-order valence-electron chi connectivity index (χ4n) is 4.59. The van der Waals surface area contributed by atoms with E-state index in [0.29, 0.717) is 0 Å². The quantitative estimate of drug-likeness (QED) is 0.620. The summed E-state index contributed by atoms with van der Waals surface area (Å²) in [5.74, 6) is 0. The number of nitrogens with zero attached hydrogens (tertiary/aromatic N) is 4. The predicted molar refractivity (Wildman–Crippen MR) is 127 cm³/mol. The van der Waals surface area contributed by atoms with Gasteiger partial charge in [0.15, 0.2) is 0 Å². The molecule has 1 aromatic heterocycles. The molecule has 0 saturated carbocycles. The summed E-state index contributed by atoms with van der Waals surface area (Å²) in [6.45, 7) is 5.51. The van der Waals surface area contributed by atoms with Crippen molar-refractivity contribution in [2.75, 3.05) is 37.0 Å². The summed E-state index contributed by atoms with van der Waals surface area (Å²) in [5, 5.41) is 0. The molecule has 3 aromatic rings. The number of benzene rings is 2. The molecule has 158 valence electrons. The molecular formula is C26H34N4. The highest BCUT2D eigenvalue weighted by molar-refractivity contribution is 5.57. The van der Waals surface area contributed by atoms with Crippen LogP contribution in [0.15, 0.2) is 55.1 Å². The fraction of sp³-hybridized carbons (Fsp3) is 0.423. The van der Waals surface area contributed by atoms with Crippen molar-refractivity contribution in [3.63, 3.8) is 0 Å². The number of anilines is 2. The number of aromatic nitrogens is 2. The van der Waals surface area contributed by atoms with Gasteiger partial charge in [0.25, 0.3) is 0 Å². The number of hydrogen-bond donors (Lipinski definition) is 0. The molecule has 0 amide bonds. The van der Waals surface area contributed by atoms with E-state index in [-0.39, 0.29) is 0 Å². The standard InChI is InChI=1S/C14H17N3.C12H17N/c1-16-7-2-3-13-9-12(4-5-14(13)16)10-17-8-6-15-11-17;1-3-10-6-7-12-11(9-10)5-4-8-13(12)2/h4-6,8-9,11H,2-3,7,10H2,1H3;6-7,9H,3-5,8H2,1-2H3. The third kappa shape index (κ3) is 4.69. The van der Waals surface area contributed by atoms with Crippen LogP contribution >= 0.6 is 0 Å². The molecule has 0 radical (unpaired) electrons. The summed E-state index contributed by atoms with van der Waals surface area (Å²) in [4.78, 5) is 8.78. The number of imidazole rings is 1. The van der Waals surface area contributed by atoms with Gasteiger partial charge in [-0.3, -0.25) is 0 Å². The van der Waals surface area contributed by atoms with Gasteiger partial charge in [-0.05, 0) is 66.5 Å². The predicted octanol–water partition coefficient (Wildman–Crippen LogP) is 4.95. The summed E-state index contributed by atoms with van der Waals surface area (Å²) in [6, 6.07) is 13.7. The summed E-state index contributed by atoms with van der Waals surface area (Å²) in [7, 11) is 4.36. The summed E-state index contributed by atoms with van der Waals surface area (Å²) >= 11 is 0. The third-order valence-electron chi connectivity index (χ3n) is 6.32. The molecule has 0 unspecified atom stereocenters. The Morgan fingerprint density at radius 2 is 1.43 bits per heavy atom. The molecule has 3 heterocycles. The molecule has 0 bridgehead atoms. The van der Waals surface area contributed by atoms with Gasteiger partial charge in [-0.1, -0.05) is 31.2 Å². The van der Waals surface area contributed by atoms with Crippen LogP contribution in [0.1, 0.15) is 42.0 Å². The van der Waals surface area contributed by atoms with Crippen LogP contribution in [0, 0.1) is 0 Å². The lowest BCUT2D eigenvalue weighted by Gasteiger charge is -2.27. The van der Waals surface area contributed by atoms with Crippen molar-refractivity contribution in [3.8, 4) is 0 Å². The van der Waals surface area contributed by atoms with Crippen molar-refractivity contribution >= 4 is 11.4 Å². The van der Waals surface area contributed by atoms with Crippen molar-refractivity contribution in [2.24, 2.45) is 0 Å². The molecule has 0 fully saturated rings. The molecule has 2 aliphatic heterocycles. The van der Waals surface area contributed by atoms with E-state index >= 15 is 0 Å². The molecule has 0 saturated heterocycles. The van der Waals surface area contributed by atoms with E-state index in [1.807, 2.05) is 18.7 Å². The van der Waals surface area contributed by atoms with Gasteiger partial charge in [-0.15, -0.1) is 0 Å². The van der Waals surface area contributed by atoms with Crippen molar-refractivity contribution in [1.82, 2.24) is 9.55 Å². The van der Waals surface area contributed by atoms with Gasteiger partial charge in [0.05, 0.1) is 6.33 Å². The van der Waals surface area contributed by atoms with Crippen LogP contribution in [0.3, 0.4) is 0 Å². The first-order chi connectivity index (χ1) is 14.6. The van der Waals surface area contributed by atoms with Gasteiger partial charge in [0, 0.05) is 57.5 Å². The maximum absolute atomic E-state index is 4.07. The van der Waals surface area contributed by atoms with Gasteiger partial charge in [0.2, 0.25) is 0 Å². The van der Waals surface area contributed by atoms with Gasteiger partial charge in [-0.2, -0.15) is 0 Å². The van der Waals surface area contributed by atoms with Crippen LogP contribution in [0.25, 0.3) is 0 Å². The van der Waals surface area contributed by atoms with Crippen molar-refractivity contribution in [1.29, 1.82) is 0 Å². The molecule has 5 rings (SSSR count). The van der Waals surface area contributed by atoms with Crippen LogP contribution in [-0.2, 0) is 25.8 Å². The molecule has 0 atom stereocenters. The van der Waals surface area contributed by atoms with Crippen LogP contribution in [0.4, 0.5) is 11.4 Å². The largest absolute Gasteiger partial charge is 0.374 e. The van der Waals surface area contributed by atoms with E-state index in [2.05, 4.69) is 76.8 Å². The molecule has 2 aliphatic rings. The highest BCUT2D eigenvalue weighted by Gasteiger charge is 2.14. The maximum Gasteiger partial charge on any atom is 0.0949 e. The van der Waals surface area contributed by atoms with Crippen molar-refractivity contribution in [3.05, 3.63) is 77.4 Å². The van der Waals surface area contributed by atoms with E-state index in [4.69, 9.17) is 0 Å². The Morgan fingerprint density at radius 1 is 0.833 bits per heavy atom. The molecule has 30 heavy (non-hydrogen) atoms. The molecule has 0 aliphatic carbocycles. The second-order valence-electron chi connectivity index (χ2n) is 8.56. The lowest BCUT2D eigenvalue weighted by molar-refractivity contribution is 0.738. The number of fused-ring (bicyclic) bond motifs is 2. The monoisotopic (exact) mass is 402 g/mol. The van der Waals surface area contributed by atoms with E-state index in [1.54, 1.807) is 0 Å². The van der Waals surface area contributed by atoms with Gasteiger partial charge < -0.3 is 14.4 Å². The third-order valence-corrected chi connectivity index (χ3v) is 6.32. The summed E-state index contributed by atoms with van der Waals surface area (Å²) in [6.07, 6.45) is 11.9. The van der Waals surface area contributed by atoms with Gasteiger partial charge in [-0.25, -0.2) is 4.98 Å². The average Bonchev–Trinajstić information content (AvgIpc) is 3.27. The minimum Gasteiger partial charge on any atom is -0.374 e. The minimum absolute atomic E-state index is 0.914. The lowest BCUT2D eigenvalue weighted by Crippen LogP contribution is -2.24. The van der Waals surface area contributed by atoms with Crippen molar-refractivity contribution in [2.45, 2.75) is 45.6 Å². The molecular weight excluding hydrogens is 368 g/mol. The number of rotatable bonds is 3. The van der Waals surface area contributed by atoms with Crippen LogP contribution in [-0.4, -0.2) is 36.7 Å². The van der Waals surface area contributed by atoms with E-state index in [0.717, 1.165) is 13.0 Å². The zero-order valence-corrected chi connectivity index (χ0v) is 18.6. The Kier molecular flexibility index (Phi) is 6.41. The molecule has 2 aromatic carbocycles. The van der Waals surface area contributed by atoms with Crippen molar-refractivity contribution < 1.29 is 0 Å². The molecule has 4 heteroatoms. The topological polar surface area (TPSA) is 24.3 Å². The zero-order chi connectivity index (χ0) is 20.9. The Morgan fingerprint density at radius 3 is 2.00 bits per heavy atom. The van der Waals surface area contributed by atoms with E-state index < -0.39 is 0 Å². The summed E-state index contributed by atoms with van der Waals surface area (Å²) in [5.41, 5.74) is 8.67. The number of hydrogen-bond acceptors (Lipinski definition) is 3. The maximum atomic E-state index is 4.07. The smallest absolute Gasteiger partial charge is 0.0949 e. The SMILES string of the molecule is CCc1ccc2c(c1)CCCN2C.CN1CCCc2cc(Cn3ccnc3)ccc21. The first-order valence-electron chi connectivity index (χ1n) is 11.3. The van der Waals surface area contributed by atoms with Gasteiger partial charge in [0.1, 0.15) is 0 Å². The second-order valence-corrected chi connectivity index (χ2v) is 8.56. The molecule has 0 N–H and O–H groups in total. The Hall–Kier alpha value is -2.75. The lowest BCUT2D eigenvalue weighted by atomic mass is 9.99. The first kappa shape index (κ1) is 20.5. The van der Waals surface area contributed by atoms with Crippen LogP contribution in [0.2, 0.25) is 0 Å². The highest BCUT2D eigenvalue weighted by Crippen LogP contribution is 2.27. The van der Waals surface area contributed by atoms with E-state index in [1.165, 1.54) is 72.4 Å². The zero-order valence-electron chi connectivity index (χ0n) is 18.6. The fourth-order valence-corrected chi connectivity index (χ4v) is 4.59. The Bertz CT molecular complexity index is 961. The van der Waals surface area contributed by atoms with E-state index in [9.17, 15) is 0 Å². The Balaban J connectivity index is 0.000000151. The summed E-state index contributed by atoms with van der Waals surface area (Å²) < 4.78 is 2.11. The minimum atomic E-state index is 0.914. The van der Waals surface area contributed by atoms with Gasteiger partial charge >= 0.3 is 0 Å². The van der Waals surface area contributed by atoms with Crippen LogP contribution in [0.5, 0.6) is 0 Å². The average molecular weight is 403 g/mol. The highest BCUT2D eigenvalue weighted by atomic mass is 15.1. The Labute approximate surface area is 181 Å². The second kappa shape index (κ2) is 9.38. The normalized spacial score (nSPS) is 15.2. The molecule has 0 spiro atoms. The number of aryl methyl sites for hydroxylation is 3. The first-order valence-corrected chi connectivity index (χ1v) is 11.3. The molecule has 4 nitrogen and oxygen atoms in total.